The van der Waals surface area contributed by atoms with Gasteiger partial charge in [0.2, 0.25) is 0 Å². The Balaban J connectivity index is 2.40. The third kappa shape index (κ3) is 0.798. The molecule has 0 spiro atoms. The molecule has 2 N–H and O–H groups in total. The first-order chi connectivity index (χ1) is 5.29. The Morgan fingerprint density at radius 2 is 2.36 bits per heavy atom. The zero-order chi connectivity index (χ0) is 7.84. The summed E-state index contributed by atoms with van der Waals surface area (Å²) in [7, 11) is 0. The second-order valence-electron chi connectivity index (χ2n) is 2.36. The number of amidine groups is 1. The SMILES string of the molecule is NC1C(=O)N=C2C=CC=CN21. The molecule has 0 saturated heterocycles. The van der Waals surface area contributed by atoms with Crippen molar-refractivity contribution in [3.05, 3.63) is 24.4 Å². The number of rotatable bonds is 0. The third-order valence-electron chi connectivity index (χ3n) is 1.65. The normalized spacial score (nSPS) is 27.4. The van der Waals surface area contributed by atoms with Gasteiger partial charge in [0.25, 0.3) is 5.91 Å². The number of hydrogen-bond donors (Lipinski definition) is 1. The number of nitrogens with zero attached hydrogens (tertiary/aromatic N) is 2. The van der Waals surface area contributed by atoms with Crippen LogP contribution in [0.1, 0.15) is 0 Å². The monoisotopic (exact) mass is 149 g/mol. The summed E-state index contributed by atoms with van der Waals surface area (Å²) in [5.41, 5.74) is 5.51. The molecule has 0 aliphatic carbocycles. The summed E-state index contributed by atoms with van der Waals surface area (Å²) in [5.74, 6) is 0.348. The molecule has 4 nitrogen and oxygen atoms in total. The van der Waals surface area contributed by atoms with Crippen LogP contribution in [-0.4, -0.2) is 22.8 Å². The highest BCUT2D eigenvalue weighted by atomic mass is 16.2. The number of aliphatic imine (C=N–C) groups is 1. The quantitative estimate of drug-likeness (QED) is 0.509. The first-order valence-corrected chi connectivity index (χ1v) is 3.30. The molecule has 0 radical (unpaired) electrons. The lowest BCUT2D eigenvalue weighted by Gasteiger charge is -2.18. The van der Waals surface area contributed by atoms with Crippen LogP contribution in [0, 0.1) is 0 Å². The average molecular weight is 149 g/mol. The first kappa shape index (κ1) is 6.30. The highest BCUT2D eigenvalue weighted by Crippen LogP contribution is 2.12. The maximum Gasteiger partial charge on any atom is 0.285 e. The number of hydrogen-bond acceptors (Lipinski definition) is 3. The molecule has 0 aromatic rings. The van der Waals surface area contributed by atoms with Gasteiger partial charge in [-0.2, -0.15) is 4.99 Å². The Morgan fingerprint density at radius 3 is 3.09 bits per heavy atom. The molecule has 2 aliphatic rings. The van der Waals surface area contributed by atoms with Crippen molar-refractivity contribution >= 4 is 11.7 Å². The van der Waals surface area contributed by atoms with E-state index in [1.165, 1.54) is 0 Å². The van der Waals surface area contributed by atoms with Crippen molar-refractivity contribution in [1.82, 2.24) is 4.90 Å². The van der Waals surface area contributed by atoms with E-state index in [0.29, 0.717) is 5.84 Å². The predicted molar refractivity (Wildman–Crippen MR) is 40.5 cm³/mol. The van der Waals surface area contributed by atoms with Crippen LogP contribution in [0.25, 0.3) is 0 Å². The first-order valence-electron chi connectivity index (χ1n) is 3.30. The zero-order valence-corrected chi connectivity index (χ0v) is 5.77. The summed E-state index contributed by atoms with van der Waals surface area (Å²) in [4.78, 5) is 16.3. The third-order valence-corrected chi connectivity index (χ3v) is 1.65. The molecule has 2 heterocycles. The zero-order valence-electron chi connectivity index (χ0n) is 5.77. The van der Waals surface area contributed by atoms with Crippen molar-refractivity contribution in [2.75, 3.05) is 0 Å². The number of fused-ring (bicyclic) bond motifs is 1. The van der Waals surface area contributed by atoms with Gasteiger partial charge < -0.3 is 10.6 Å². The Bertz CT molecular complexity index is 290. The molecule has 0 bridgehead atoms. The summed E-state index contributed by atoms with van der Waals surface area (Å²) in [5, 5.41) is 0. The van der Waals surface area contributed by atoms with Gasteiger partial charge in [-0.25, -0.2) is 0 Å². The molecular weight excluding hydrogens is 142 g/mol. The number of allylic oxidation sites excluding steroid dienone is 2. The van der Waals surface area contributed by atoms with Crippen molar-refractivity contribution in [1.29, 1.82) is 0 Å². The van der Waals surface area contributed by atoms with E-state index in [9.17, 15) is 4.79 Å². The Morgan fingerprint density at radius 1 is 1.55 bits per heavy atom. The number of nitrogens with two attached hydrogens (primary N) is 1. The maximum absolute atomic E-state index is 10.9. The van der Waals surface area contributed by atoms with Gasteiger partial charge in [-0.15, -0.1) is 0 Å². The Hall–Kier alpha value is -1.42. The van der Waals surface area contributed by atoms with Crippen LogP contribution in [-0.2, 0) is 4.79 Å². The van der Waals surface area contributed by atoms with Crippen molar-refractivity contribution in [3.8, 4) is 0 Å². The second-order valence-corrected chi connectivity index (χ2v) is 2.36. The molecule has 1 amide bonds. The van der Waals surface area contributed by atoms with E-state index in [1.807, 2.05) is 12.2 Å². The fourth-order valence-corrected chi connectivity index (χ4v) is 1.07. The van der Waals surface area contributed by atoms with Gasteiger partial charge >= 0.3 is 0 Å². The van der Waals surface area contributed by atoms with E-state index in [0.717, 1.165) is 0 Å². The average Bonchev–Trinajstić information content (AvgIpc) is 2.30. The minimum Gasteiger partial charge on any atom is -0.308 e. The van der Waals surface area contributed by atoms with Gasteiger partial charge in [-0.3, -0.25) is 4.79 Å². The van der Waals surface area contributed by atoms with Gasteiger partial charge in [0.15, 0.2) is 6.17 Å². The number of amides is 1. The summed E-state index contributed by atoms with van der Waals surface area (Å²) < 4.78 is 0. The van der Waals surface area contributed by atoms with E-state index >= 15 is 0 Å². The van der Waals surface area contributed by atoms with Crippen LogP contribution >= 0.6 is 0 Å². The second kappa shape index (κ2) is 2.03. The summed E-state index contributed by atoms with van der Waals surface area (Å²) in [6.45, 7) is 0. The van der Waals surface area contributed by atoms with Gasteiger partial charge in [-0.05, 0) is 12.2 Å². The van der Waals surface area contributed by atoms with Crippen LogP contribution in [0.2, 0.25) is 0 Å². The molecular formula is C7H7N3O. The van der Waals surface area contributed by atoms with E-state index in [1.54, 1.807) is 17.2 Å². The van der Waals surface area contributed by atoms with Crippen molar-refractivity contribution in [2.45, 2.75) is 6.17 Å². The van der Waals surface area contributed by atoms with Crippen LogP contribution < -0.4 is 5.73 Å². The lowest BCUT2D eigenvalue weighted by atomic mass is 10.3. The van der Waals surface area contributed by atoms with Gasteiger partial charge in [0, 0.05) is 6.20 Å². The number of carbonyl (C=O) groups is 1. The molecule has 2 rings (SSSR count). The molecule has 1 unspecified atom stereocenters. The lowest BCUT2D eigenvalue weighted by Crippen LogP contribution is -2.41. The van der Waals surface area contributed by atoms with Crippen LogP contribution in [0.5, 0.6) is 0 Å². The van der Waals surface area contributed by atoms with Gasteiger partial charge in [0.1, 0.15) is 5.84 Å². The van der Waals surface area contributed by atoms with Gasteiger partial charge in [0.05, 0.1) is 0 Å². The fourth-order valence-electron chi connectivity index (χ4n) is 1.07. The molecule has 56 valence electrons. The Kier molecular flexibility index (Phi) is 1.16. The smallest absolute Gasteiger partial charge is 0.285 e. The topological polar surface area (TPSA) is 58.7 Å². The summed E-state index contributed by atoms with van der Waals surface area (Å²) >= 11 is 0. The highest BCUT2D eigenvalue weighted by molar-refractivity contribution is 6.09. The molecule has 2 aliphatic heterocycles. The molecule has 0 aromatic carbocycles. The standard InChI is InChI=1S/C7H7N3O/c8-6-7(11)9-5-3-1-2-4-10(5)6/h1-4,6H,8H2. The molecule has 0 fully saturated rings. The van der Waals surface area contributed by atoms with E-state index in [4.69, 9.17) is 5.73 Å². The molecule has 4 heteroatoms. The lowest BCUT2D eigenvalue weighted by molar-refractivity contribution is -0.119. The van der Waals surface area contributed by atoms with Crippen LogP contribution in [0.4, 0.5) is 0 Å². The van der Waals surface area contributed by atoms with Crippen molar-refractivity contribution in [2.24, 2.45) is 10.7 Å². The predicted octanol–water partition coefficient (Wildman–Crippen LogP) is -0.405. The summed E-state index contributed by atoms with van der Waals surface area (Å²) in [6, 6.07) is 0. The minimum atomic E-state index is -0.619. The molecule has 1 atom stereocenters. The minimum absolute atomic E-state index is 0.281. The van der Waals surface area contributed by atoms with Crippen molar-refractivity contribution < 1.29 is 4.79 Å². The summed E-state index contributed by atoms with van der Waals surface area (Å²) in [6.07, 6.45) is 6.52. The maximum atomic E-state index is 10.9. The molecule has 0 aromatic heterocycles. The van der Waals surface area contributed by atoms with E-state index < -0.39 is 6.17 Å². The van der Waals surface area contributed by atoms with E-state index in [-0.39, 0.29) is 5.91 Å². The van der Waals surface area contributed by atoms with E-state index in [2.05, 4.69) is 4.99 Å². The van der Waals surface area contributed by atoms with Crippen LogP contribution in [0.15, 0.2) is 29.4 Å². The van der Waals surface area contributed by atoms with Gasteiger partial charge in [-0.1, -0.05) is 6.08 Å². The largest absolute Gasteiger partial charge is 0.308 e. The molecule has 0 saturated carbocycles. The van der Waals surface area contributed by atoms with Crippen molar-refractivity contribution in [3.63, 3.8) is 0 Å². The van der Waals surface area contributed by atoms with Crippen LogP contribution in [0.3, 0.4) is 0 Å². The number of carbonyl (C=O) groups excluding carboxylic acids is 1. The molecule has 11 heavy (non-hydrogen) atoms. The fraction of sp³-hybridized carbons (Fsp3) is 0.143. The highest BCUT2D eigenvalue weighted by Gasteiger charge is 2.29. The Labute approximate surface area is 63.7 Å².